The van der Waals surface area contributed by atoms with Gasteiger partial charge in [0.05, 0.1) is 60.4 Å². The molecule has 0 amide bonds. The van der Waals surface area contributed by atoms with Crippen LogP contribution in [0.1, 0.15) is 94.9 Å². The van der Waals surface area contributed by atoms with Gasteiger partial charge in [0.25, 0.3) is 0 Å². The summed E-state index contributed by atoms with van der Waals surface area (Å²) in [7, 11) is 6.82. The van der Waals surface area contributed by atoms with Gasteiger partial charge >= 0.3 is 5.97 Å². The third kappa shape index (κ3) is 9.99. The number of methoxy groups -OCH3 is 2. The molecule has 0 aromatic rings. The lowest BCUT2D eigenvalue weighted by molar-refractivity contribution is -0.303. The molecule has 310 valence electrons. The molecule has 3 saturated heterocycles. The number of nitrogens with zero attached hydrogens (tertiary/aromatic N) is 1. The number of carbonyl (C=O) groups is 2. The molecule has 0 radical (unpaired) electrons. The van der Waals surface area contributed by atoms with E-state index in [1.165, 1.54) is 21.1 Å². The minimum atomic E-state index is -1.95. The van der Waals surface area contributed by atoms with Crippen molar-refractivity contribution in [3.8, 4) is 0 Å². The van der Waals surface area contributed by atoms with Gasteiger partial charge in [-0.25, -0.2) is 0 Å². The maximum absolute atomic E-state index is 14.1. The Labute approximate surface area is 317 Å². The van der Waals surface area contributed by atoms with E-state index >= 15 is 0 Å². The molecule has 13 unspecified atom stereocenters. The molecule has 3 fully saturated rings. The van der Waals surface area contributed by atoms with Crippen LogP contribution < -0.4 is 0 Å². The monoisotopic (exact) mass is 761 g/mol. The summed E-state index contributed by atoms with van der Waals surface area (Å²) in [5, 5.41) is 45.5. The largest absolute Gasteiger partial charge is 0.459 e. The number of carbonyl (C=O) groups excluding carboxylic acids is 2. The maximum atomic E-state index is 14.1. The Morgan fingerprint density at radius 1 is 0.868 bits per heavy atom. The van der Waals surface area contributed by atoms with Gasteiger partial charge in [-0.2, -0.15) is 0 Å². The second-order valence-corrected chi connectivity index (χ2v) is 17.0. The number of hydrogen-bond acceptors (Lipinski definition) is 14. The van der Waals surface area contributed by atoms with Gasteiger partial charge in [-0.15, -0.1) is 0 Å². The number of likely N-dealkylation sites (N-methyl/N-ethyl adjacent to an activating group) is 1. The molecule has 3 rings (SSSR count). The summed E-state index contributed by atoms with van der Waals surface area (Å²) in [5.74, 6) is -4.31. The molecule has 0 saturated carbocycles. The van der Waals surface area contributed by atoms with Crippen molar-refractivity contribution in [2.75, 3.05) is 34.9 Å². The zero-order valence-corrected chi connectivity index (χ0v) is 34.6. The molecule has 0 aromatic carbocycles. The summed E-state index contributed by atoms with van der Waals surface area (Å²) >= 11 is 0. The average Bonchev–Trinajstić information content (AvgIpc) is 3.10. The van der Waals surface area contributed by atoms with Crippen LogP contribution in [0, 0.1) is 23.7 Å². The quantitative estimate of drug-likeness (QED) is 0.252. The van der Waals surface area contributed by atoms with E-state index in [4.69, 9.17) is 33.2 Å². The lowest BCUT2D eigenvalue weighted by Gasteiger charge is -2.49. The molecule has 0 aliphatic carbocycles. The fourth-order valence-electron chi connectivity index (χ4n) is 8.89. The molecule has 0 bridgehead atoms. The number of esters is 1. The summed E-state index contributed by atoms with van der Waals surface area (Å²) in [6.45, 7) is 17.3. The van der Waals surface area contributed by atoms with E-state index in [0.29, 0.717) is 12.8 Å². The Morgan fingerprint density at radius 2 is 1.47 bits per heavy atom. The number of ketones is 1. The highest BCUT2D eigenvalue weighted by atomic mass is 16.7. The first kappa shape index (κ1) is 46.1. The van der Waals surface area contributed by atoms with E-state index < -0.39 is 102 Å². The van der Waals surface area contributed by atoms with Gasteiger partial charge in [0, 0.05) is 44.4 Å². The van der Waals surface area contributed by atoms with Gasteiger partial charge in [0.1, 0.15) is 29.7 Å². The Kier molecular flexibility index (Phi) is 15.9. The second kappa shape index (κ2) is 18.3. The van der Waals surface area contributed by atoms with Crippen molar-refractivity contribution in [1.82, 2.24) is 4.90 Å². The summed E-state index contributed by atoms with van der Waals surface area (Å²) in [6, 6.07) is -0.273. The van der Waals surface area contributed by atoms with Crippen molar-refractivity contribution < 1.29 is 63.2 Å². The van der Waals surface area contributed by atoms with Crippen LogP contribution in [-0.2, 0) is 42.7 Å². The molecular weight excluding hydrogens is 690 g/mol. The predicted molar refractivity (Wildman–Crippen MR) is 196 cm³/mol. The minimum absolute atomic E-state index is 0.0153. The first-order valence-corrected chi connectivity index (χ1v) is 19.3. The maximum Gasteiger partial charge on any atom is 0.311 e. The Bertz CT molecular complexity index is 1200. The highest BCUT2D eigenvalue weighted by Crippen LogP contribution is 2.40. The van der Waals surface area contributed by atoms with Gasteiger partial charge in [-0.1, -0.05) is 27.7 Å². The number of hydrogen-bond donors (Lipinski definition) is 4. The molecule has 4 N–H and O–H groups in total. The smallest absolute Gasteiger partial charge is 0.311 e. The molecule has 0 spiro atoms. The van der Waals surface area contributed by atoms with Gasteiger partial charge in [0.15, 0.2) is 6.29 Å². The Hall–Kier alpha value is -1.30. The van der Waals surface area contributed by atoms with Gasteiger partial charge in [-0.3, -0.25) is 9.59 Å². The zero-order valence-electron chi connectivity index (χ0n) is 34.6. The number of Topliss-reactive ketones (excluding diaryl/α,β-unsaturated/α-hetero) is 1. The van der Waals surface area contributed by atoms with Crippen LogP contribution in [-0.4, -0.2) is 156 Å². The highest BCUT2D eigenvalue weighted by Gasteiger charge is 2.53. The van der Waals surface area contributed by atoms with E-state index in [2.05, 4.69) is 0 Å². The molecule has 14 nitrogen and oxygen atoms in total. The van der Waals surface area contributed by atoms with Crippen molar-refractivity contribution in [1.29, 1.82) is 0 Å². The Balaban J connectivity index is 2.17. The fraction of sp³-hybridized carbons (Fsp3) is 0.949. The van der Waals surface area contributed by atoms with Crippen LogP contribution in [0.3, 0.4) is 0 Å². The van der Waals surface area contributed by atoms with Crippen molar-refractivity contribution in [2.24, 2.45) is 23.7 Å². The molecular formula is C39H71NO13. The van der Waals surface area contributed by atoms with Crippen LogP contribution in [0.25, 0.3) is 0 Å². The summed E-state index contributed by atoms with van der Waals surface area (Å²) in [4.78, 5) is 30.1. The standard InChI is InChI=1S/C39H71NO13/c1-15-28-39(10,46)32(43)22(4)29(41)20(2)17-38(9,48-14)34(53-36-30(42)27(40(11)12)16-21(3)50-36)23(5)31(24(6)35(45)52-28)49-19-26-18-37(8,47-13)33(44)25(7)51-26/h20-28,30-34,36,42-44,46H,15-19H2,1-14H3/t20?,21?,22?,23?,24?,25?,26-,27+,28?,30?,31?,32?,33+,34?,36+,37+,38?,39?/m1/s1. The Morgan fingerprint density at radius 3 is 2.02 bits per heavy atom. The summed E-state index contributed by atoms with van der Waals surface area (Å²) < 4.78 is 43.8. The highest BCUT2D eigenvalue weighted by molar-refractivity contribution is 5.83. The molecule has 18 atom stereocenters. The predicted octanol–water partition coefficient (Wildman–Crippen LogP) is 2.48. The van der Waals surface area contributed by atoms with Gasteiger partial charge < -0.3 is 58.5 Å². The molecule has 53 heavy (non-hydrogen) atoms. The lowest BCUT2D eigenvalue weighted by atomic mass is 9.74. The van der Waals surface area contributed by atoms with E-state index in [1.54, 1.807) is 34.6 Å². The van der Waals surface area contributed by atoms with Gasteiger partial charge in [0.2, 0.25) is 0 Å². The molecule has 3 heterocycles. The first-order valence-electron chi connectivity index (χ1n) is 19.3. The topological polar surface area (TPSA) is 183 Å². The number of cyclic esters (lactones) is 1. The van der Waals surface area contributed by atoms with E-state index in [9.17, 15) is 30.0 Å². The van der Waals surface area contributed by atoms with Crippen molar-refractivity contribution in [2.45, 2.75) is 179 Å². The van der Waals surface area contributed by atoms with E-state index in [-0.39, 0.29) is 37.4 Å². The first-order chi connectivity index (χ1) is 24.5. The van der Waals surface area contributed by atoms with Crippen LogP contribution >= 0.6 is 0 Å². The molecule has 3 aliphatic rings. The molecule has 0 aromatic heterocycles. The number of aliphatic hydroxyl groups is 4. The van der Waals surface area contributed by atoms with Gasteiger partial charge in [-0.05, 0) is 74.9 Å². The number of ether oxygens (including phenoxy) is 7. The fourth-order valence-corrected chi connectivity index (χ4v) is 8.89. The third-order valence-corrected chi connectivity index (χ3v) is 12.5. The summed E-state index contributed by atoms with van der Waals surface area (Å²) in [6.07, 6.45) is -7.69. The van der Waals surface area contributed by atoms with Crippen molar-refractivity contribution in [3.63, 3.8) is 0 Å². The number of aliphatic hydroxyl groups excluding tert-OH is 3. The number of rotatable bonds is 9. The molecule has 3 aliphatic heterocycles. The van der Waals surface area contributed by atoms with Crippen LogP contribution in [0.15, 0.2) is 0 Å². The van der Waals surface area contributed by atoms with Crippen LogP contribution in [0.2, 0.25) is 0 Å². The molecule has 14 heteroatoms. The third-order valence-electron chi connectivity index (χ3n) is 12.5. The van der Waals surface area contributed by atoms with Crippen LogP contribution in [0.4, 0.5) is 0 Å². The zero-order chi connectivity index (χ0) is 40.4. The minimum Gasteiger partial charge on any atom is -0.459 e. The summed E-state index contributed by atoms with van der Waals surface area (Å²) in [5.41, 5.74) is -4.08. The van der Waals surface area contributed by atoms with E-state index in [1.807, 2.05) is 46.7 Å². The second-order valence-electron chi connectivity index (χ2n) is 17.0. The van der Waals surface area contributed by atoms with E-state index in [0.717, 1.165) is 0 Å². The van der Waals surface area contributed by atoms with Crippen molar-refractivity contribution in [3.05, 3.63) is 0 Å². The lowest BCUT2D eigenvalue weighted by Crippen LogP contribution is -2.61. The average molecular weight is 762 g/mol. The van der Waals surface area contributed by atoms with Crippen molar-refractivity contribution >= 4 is 11.8 Å². The van der Waals surface area contributed by atoms with Crippen LogP contribution in [0.5, 0.6) is 0 Å². The normalized spacial score (nSPS) is 48.3. The SMILES string of the molecule is CCC1OC(=O)C(C)C(OC[C@H]2C[C@](C)(OC)[C@@H](O)C(C)O2)C(C)C(O[C@@H]2OC(C)C[C@H](N(C)C)C2O)C(C)(OC)CC(C)C(=O)C(C)C(O)C1(C)O.